The number of hydrogen-bond donors (Lipinski definition) is 2. The third kappa shape index (κ3) is 4.93. The Morgan fingerprint density at radius 2 is 1.90 bits per heavy atom. The molecular weight excluding hydrogens is 360 g/mol. The summed E-state index contributed by atoms with van der Waals surface area (Å²) in [6.07, 6.45) is 4.22. The number of nitrogens with zero attached hydrogens (tertiary/aromatic N) is 2. The SMILES string of the molecule is CC1CCCN(Cc2ccc(CNC(=O)c3cn[nH]c3-c3ccccc3)cc2)C1. The minimum Gasteiger partial charge on any atom is -0.348 e. The molecule has 5 nitrogen and oxygen atoms in total. The molecule has 5 heteroatoms. The van der Waals surface area contributed by atoms with Crippen molar-refractivity contribution in [3.63, 3.8) is 0 Å². The maximum Gasteiger partial charge on any atom is 0.255 e. The Hall–Kier alpha value is -2.92. The molecule has 0 bridgehead atoms. The maximum atomic E-state index is 12.7. The highest BCUT2D eigenvalue weighted by Gasteiger charge is 2.17. The lowest BCUT2D eigenvalue weighted by Gasteiger charge is -2.30. The van der Waals surface area contributed by atoms with E-state index in [1.165, 1.54) is 31.5 Å². The van der Waals surface area contributed by atoms with Crippen molar-refractivity contribution in [1.29, 1.82) is 0 Å². The Kier molecular flexibility index (Phi) is 6.06. The van der Waals surface area contributed by atoms with Gasteiger partial charge in [-0.3, -0.25) is 14.8 Å². The van der Waals surface area contributed by atoms with Crippen molar-refractivity contribution in [3.8, 4) is 11.3 Å². The molecule has 2 aromatic carbocycles. The van der Waals surface area contributed by atoms with Crippen molar-refractivity contribution in [3.05, 3.63) is 77.5 Å². The van der Waals surface area contributed by atoms with Crippen LogP contribution in [0.25, 0.3) is 11.3 Å². The van der Waals surface area contributed by atoms with Crippen molar-refractivity contribution in [2.24, 2.45) is 5.92 Å². The number of aromatic amines is 1. The number of amides is 1. The van der Waals surface area contributed by atoms with Gasteiger partial charge in [0.25, 0.3) is 5.91 Å². The molecule has 0 spiro atoms. The van der Waals surface area contributed by atoms with Crippen LogP contribution >= 0.6 is 0 Å². The molecule has 1 atom stereocenters. The van der Waals surface area contributed by atoms with E-state index in [1.807, 2.05) is 30.3 Å². The van der Waals surface area contributed by atoms with Crippen LogP contribution in [0.15, 0.2) is 60.8 Å². The summed E-state index contributed by atoms with van der Waals surface area (Å²) in [6, 6.07) is 18.3. The highest BCUT2D eigenvalue weighted by Crippen LogP contribution is 2.21. The molecule has 2 N–H and O–H groups in total. The van der Waals surface area contributed by atoms with Gasteiger partial charge in [0.2, 0.25) is 0 Å². The standard InChI is InChI=1S/C24H28N4O/c1-18-6-5-13-28(16-18)17-20-11-9-19(10-12-20)14-25-24(29)22-15-26-27-23(22)21-7-3-2-4-8-21/h2-4,7-12,15,18H,5-6,13-14,16-17H2,1H3,(H,25,29)(H,26,27). The first-order valence-electron chi connectivity index (χ1n) is 10.4. The fourth-order valence-corrected chi connectivity index (χ4v) is 4.01. The zero-order chi connectivity index (χ0) is 20.1. The van der Waals surface area contributed by atoms with Crippen LogP contribution in [0.5, 0.6) is 0 Å². The lowest BCUT2D eigenvalue weighted by molar-refractivity contribution is 0.0951. The van der Waals surface area contributed by atoms with Gasteiger partial charge in [0, 0.05) is 25.2 Å². The predicted octanol–water partition coefficient (Wildman–Crippen LogP) is 4.24. The zero-order valence-corrected chi connectivity index (χ0v) is 16.9. The molecular formula is C24H28N4O. The first-order chi connectivity index (χ1) is 14.2. The van der Waals surface area contributed by atoms with Crippen molar-refractivity contribution in [1.82, 2.24) is 20.4 Å². The van der Waals surface area contributed by atoms with E-state index in [4.69, 9.17) is 0 Å². The minimum absolute atomic E-state index is 0.121. The lowest BCUT2D eigenvalue weighted by Crippen LogP contribution is -2.33. The number of benzene rings is 2. The number of H-pyrrole nitrogens is 1. The summed E-state index contributed by atoms with van der Waals surface area (Å²) < 4.78 is 0. The Bertz CT molecular complexity index is 933. The van der Waals surface area contributed by atoms with E-state index in [-0.39, 0.29) is 5.91 Å². The monoisotopic (exact) mass is 388 g/mol. The highest BCUT2D eigenvalue weighted by molar-refractivity contribution is 5.99. The summed E-state index contributed by atoms with van der Waals surface area (Å²) in [5.74, 6) is 0.672. The van der Waals surface area contributed by atoms with E-state index in [1.54, 1.807) is 6.20 Å². The second-order valence-electron chi connectivity index (χ2n) is 8.01. The van der Waals surface area contributed by atoms with Gasteiger partial charge in [-0.1, -0.05) is 61.5 Å². The molecule has 1 aliphatic heterocycles. The van der Waals surface area contributed by atoms with Gasteiger partial charge in [-0.05, 0) is 36.4 Å². The summed E-state index contributed by atoms with van der Waals surface area (Å²) in [5, 5.41) is 10.0. The summed E-state index contributed by atoms with van der Waals surface area (Å²) in [6.45, 7) is 6.22. The van der Waals surface area contributed by atoms with Crippen LogP contribution in [-0.2, 0) is 13.1 Å². The average molecular weight is 389 g/mol. The second kappa shape index (κ2) is 9.05. The highest BCUT2D eigenvalue weighted by atomic mass is 16.1. The average Bonchev–Trinajstić information content (AvgIpc) is 3.24. The van der Waals surface area contributed by atoms with Crippen molar-refractivity contribution >= 4 is 5.91 Å². The molecule has 3 aromatic rings. The Morgan fingerprint density at radius 3 is 2.66 bits per heavy atom. The number of likely N-dealkylation sites (tertiary alicyclic amines) is 1. The number of hydrogen-bond acceptors (Lipinski definition) is 3. The predicted molar refractivity (Wildman–Crippen MR) is 115 cm³/mol. The molecule has 4 rings (SSSR count). The van der Waals surface area contributed by atoms with Crippen LogP contribution in [0.3, 0.4) is 0 Å². The Labute approximate surface area is 172 Å². The van der Waals surface area contributed by atoms with Crippen LogP contribution in [0.2, 0.25) is 0 Å². The largest absolute Gasteiger partial charge is 0.348 e. The van der Waals surface area contributed by atoms with Gasteiger partial charge in [0.15, 0.2) is 0 Å². The summed E-state index contributed by atoms with van der Waals surface area (Å²) in [5.41, 5.74) is 4.68. The van der Waals surface area contributed by atoms with E-state index in [0.29, 0.717) is 12.1 Å². The van der Waals surface area contributed by atoms with E-state index in [2.05, 4.69) is 51.6 Å². The molecule has 1 aliphatic rings. The zero-order valence-electron chi connectivity index (χ0n) is 16.9. The summed E-state index contributed by atoms with van der Waals surface area (Å²) >= 11 is 0. The van der Waals surface area contributed by atoms with Crippen LogP contribution in [0.1, 0.15) is 41.3 Å². The molecule has 1 unspecified atom stereocenters. The second-order valence-corrected chi connectivity index (χ2v) is 8.01. The quantitative estimate of drug-likeness (QED) is 0.664. The van der Waals surface area contributed by atoms with Gasteiger partial charge in [-0.15, -0.1) is 0 Å². The number of carbonyl (C=O) groups is 1. The minimum atomic E-state index is -0.121. The molecule has 150 valence electrons. The van der Waals surface area contributed by atoms with Gasteiger partial charge >= 0.3 is 0 Å². The third-order valence-corrected chi connectivity index (χ3v) is 5.57. The molecule has 1 aromatic heterocycles. The van der Waals surface area contributed by atoms with Crippen LogP contribution in [0.4, 0.5) is 0 Å². The van der Waals surface area contributed by atoms with E-state index in [9.17, 15) is 4.79 Å². The first-order valence-corrected chi connectivity index (χ1v) is 10.4. The van der Waals surface area contributed by atoms with Gasteiger partial charge < -0.3 is 5.32 Å². The van der Waals surface area contributed by atoms with E-state index < -0.39 is 0 Å². The maximum absolute atomic E-state index is 12.7. The van der Waals surface area contributed by atoms with Gasteiger partial charge in [-0.25, -0.2) is 0 Å². The normalized spacial score (nSPS) is 17.2. The number of piperidine rings is 1. The van der Waals surface area contributed by atoms with Crippen LogP contribution < -0.4 is 5.32 Å². The van der Waals surface area contributed by atoms with Gasteiger partial charge in [0.05, 0.1) is 17.5 Å². The van der Waals surface area contributed by atoms with Crippen LogP contribution in [0, 0.1) is 5.92 Å². The Morgan fingerprint density at radius 1 is 1.14 bits per heavy atom. The molecule has 29 heavy (non-hydrogen) atoms. The van der Waals surface area contributed by atoms with Crippen molar-refractivity contribution < 1.29 is 4.79 Å². The molecule has 0 aliphatic carbocycles. The first kappa shape index (κ1) is 19.4. The number of aromatic nitrogens is 2. The molecule has 0 radical (unpaired) electrons. The lowest BCUT2D eigenvalue weighted by atomic mass is 9.99. The molecule has 1 saturated heterocycles. The number of nitrogens with one attached hydrogen (secondary N) is 2. The number of rotatable bonds is 6. The van der Waals surface area contributed by atoms with Crippen molar-refractivity contribution in [2.75, 3.05) is 13.1 Å². The molecule has 1 fully saturated rings. The Balaban J connectivity index is 1.34. The molecule has 2 heterocycles. The van der Waals surface area contributed by atoms with E-state index in [0.717, 1.165) is 29.3 Å². The van der Waals surface area contributed by atoms with E-state index >= 15 is 0 Å². The summed E-state index contributed by atoms with van der Waals surface area (Å²) in [4.78, 5) is 15.2. The van der Waals surface area contributed by atoms with Gasteiger partial charge in [-0.2, -0.15) is 5.10 Å². The molecule has 1 amide bonds. The van der Waals surface area contributed by atoms with Crippen LogP contribution in [-0.4, -0.2) is 34.1 Å². The van der Waals surface area contributed by atoms with Crippen molar-refractivity contribution in [2.45, 2.75) is 32.9 Å². The topological polar surface area (TPSA) is 61.0 Å². The summed E-state index contributed by atoms with van der Waals surface area (Å²) in [7, 11) is 0. The third-order valence-electron chi connectivity index (χ3n) is 5.57. The number of carbonyl (C=O) groups excluding carboxylic acids is 1. The fourth-order valence-electron chi connectivity index (χ4n) is 4.01. The fraction of sp³-hybridized carbons (Fsp3) is 0.333. The molecule has 0 saturated carbocycles. The smallest absolute Gasteiger partial charge is 0.255 e. The van der Waals surface area contributed by atoms with Gasteiger partial charge in [0.1, 0.15) is 0 Å².